The zero-order valence-electron chi connectivity index (χ0n) is 11.9. The van der Waals surface area contributed by atoms with Gasteiger partial charge in [-0.05, 0) is 55.7 Å². The number of hydrogen-bond donors (Lipinski definition) is 2. The van der Waals surface area contributed by atoms with Crippen molar-refractivity contribution in [1.82, 2.24) is 10.3 Å². The SMILES string of the molecule is OCCCC[C@H]1CC1c1cncc(OC[C@@H]2CCN2)c1. The van der Waals surface area contributed by atoms with Crippen LogP contribution in [-0.4, -0.2) is 35.9 Å². The first-order valence-electron chi connectivity index (χ1n) is 7.79. The third-order valence-electron chi connectivity index (χ3n) is 4.45. The third-order valence-corrected chi connectivity index (χ3v) is 4.45. The Bertz CT molecular complexity index is 434. The summed E-state index contributed by atoms with van der Waals surface area (Å²) in [6.07, 6.45) is 9.55. The van der Waals surface area contributed by atoms with Gasteiger partial charge >= 0.3 is 0 Å². The standard InChI is InChI=1S/C16H24N2O2/c19-6-2-1-3-12-8-16(12)13-7-15(10-17-9-13)20-11-14-4-5-18-14/h7,9-10,12,14,16,18-19H,1-6,8,11H2/t12-,14-,16?/m0/s1. The lowest BCUT2D eigenvalue weighted by molar-refractivity contribution is 0.217. The number of aliphatic hydroxyl groups excluding tert-OH is 1. The Hall–Kier alpha value is -1.13. The van der Waals surface area contributed by atoms with E-state index in [1.165, 1.54) is 24.8 Å². The summed E-state index contributed by atoms with van der Waals surface area (Å²) in [7, 11) is 0. The number of hydrogen-bond acceptors (Lipinski definition) is 4. The lowest BCUT2D eigenvalue weighted by atomic mass is 10.1. The van der Waals surface area contributed by atoms with Crippen molar-refractivity contribution in [3.8, 4) is 5.75 Å². The molecule has 110 valence electrons. The number of aromatic nitrogens is 1. The van der Waals surface area contributed by atoms with Crippen LogP contribution in [0.3, 0.4) is 0 Å². The van der Waals surface area contributed by atoms with Gasteiger partial charge in [-0.3, -0.25) is 4.98 Å². The van der Waals surface area contributed by atoms with Crippen LogP contribution < -0.4 is 10.1 Å². The van der Waals surface area contributed by atoms with Crippen LogP contribution in [0.15, 0.2) is 18.5 Å². The highest BCUT2D eigenvalue weighted by molar-refractivity contribution is 5.30. The third kappa shape index (κ3) is 3.49. The molecule has 2 aliphatic rings. The molecule has 2 fully saturated rings. The minimum Gasteiger partial charge on any atom is -0.490 e. The molecule has 2 N–H and O–H groups in total. The van der Waals surface area contributed by atoms with Gasteiger partial charge in [-0.25, -0.2) is 0 Å². The molecule has 20 heavy (non-hydrogen) atoms. The maximum Gasteiger partial charge on any atom is 0.137 e. The minimum atomic E-state index is 0.317. The average Bonchev–Trinajstić information content (AvgIpc) is 3.17. The van der Waals surface area contributed by atoms with E-state index < -0.39 is 0 Å². The summed E-state index contributed by atoms with van der Waals surface area (Å²) in [5.41, 5.74) is 1.32. The van der Waals surface area contributed by atoms with E-state index in [-0.39, 0.29) is 0 Å². The molecule has 1 aliphatic carbocycles. The van der Waals surface area contributed by atoms with Crippen LogP contribution in [0.4, 0.5) is 0 Å². The first kappa shape index (κ1) is 13.8. The quantitative estimate of drug-likeness (QED) is 0.714. The second kappa shape index (κ2) is 6.55. The molecule has 1 saturated carbocycles. The molecular weight excluding hydrogens is 252 g/mol. The summed E-state index contributed by atoms with van der Waals surface area (Å²) in [4.78, 5) is 4.31. The largest absolute Gasteiger partial charge is 0.490 e. The predicted octanol–water partition coefficient (Wildman–Crippen LogP) is 2.09. The maximum atomic E-state index is 8.82. The van der Waals surface area contributed by atoms with E-state index in [9.17, 15) is 0 Å². The summed E-state index contributed by atoms with van der Waals surface area (Å²) in [5.74, 6) is 2.34. The van der Waals surface area contributed by atoms with Crippen LogP contribution in [0.1, 0.15) is 43.6 Å². The highest BCUT2D eigenvalue weighted by atomic mass is 16.5. The molecule has 0 radical (unpaired) electrons. The van der Waals surface area contributed by atoms with E-state index in [4.69, 9.17) is 9.84 Å². The number of ether oxygens (including phenoxy) is 1. The number of nitrogens with zero attached hydrogens (tertiary/aromatic N) is 1. The molecule has 4 heteroatoms. The van der Waals surface area contributed by atoms with Crippen molar-refractivity contribution in [2.45, 2.75) is 44.1 Å². The van der Waals surface area contributed by atoms with Gasteiger partial charge in [0.1, 0.15) is 12.4 Å². The molecule has 3 rings (SSSR count). The van der Waals surface area contributed by atoms with Crippen molar-refractivity contribution in [3.05, 3.63) is 24.0 Å². The molecule has 2 heterocycles. The summed E-state index contributed by atoms with van der Waals surface area (Å²) in [6.45, 7) is 2.18. The van der Waals surface area contributed by atoms with E-state index in [0.29, 0.717) is 18.6 Å². The van der Waals surface area contributed by atoms with Gasteiger partial charge in [0.2, 0.25) is 0 Å². The molecule has 1 aliphatic heterocycles. The van der Waals surface area contributed by atoms with Gasteiger partial charge in [0, 0.05) is 18.8 Å². The fraction of sp³-hybridized carbons (Fsp3) is 0.688. The molecule has 0 amide bonds. The predicted molar refractivity (Wildman–Crippen MR) is 77.9 cm³/mol. The Morgan fingerprint density at radius 3 is 3.00 bits per heavy atom. The molecule has 3 atom stereocenters. The number of aliphatic hydroxyl groups is 1. The fourth-order valence-electron chi connectivity index (χ4n) is 2.90. The summed E-state index contributed by atoms with van der Waals surface area (Å²) < 4.78 is 5.80. The Kier molecular flexibility index (Phi) is 4.53. The van der Waals surface area contributed by atoms with Crippen molar-refractivity contribution in [2.75, 3.05) is 19.8 Å². The molecular formula is C16H24N2O2. The van der Waals surface area contributed by atoms with Crippen LogP contribution in [-0.2, 0) is 0 Å². The highest BCUT2D eigenvalue weighted by Crippen LogP contribution is 2.50. The number of nitrogens with one attached hydrogen (secondary N) is 1. The normalized spacial score (nSPS) is 27.9. The van der Waals surface area contributed by atoms with E-state index in [1.807, 2.05) is 12.4 Å². The van der Waals surface area contributed by atoms with E-state index >= 15 is 0 Å². The molecule has 1 aromatic heterocycles. The smallest absolute Gasteiger partial charge is 0.137 e. The van der Waals surface area contributed by atoms with Crippen molar-refractivity contribution in [1.29, 1.82) is 0 Å². The molecule has 1 aromatic rings. The van der Waals surface area contributed by atoms with E-state index in [1.54, 1.807) is 0 Å². The second-order valence-electron chi connectivity index (χ2n) is 6.03. The van der Waals surface area contributed by atoms with E-state index in [2.05, 4.69) is 16.4 Å². The average molecular weight is 276 g/mol. The van der Waals surface area contributed by atoms with Gasteiger partial charge in [-0.15, -0.1) is 0 Å². The van der Waals surface area contributed by atoms with Gasteiger partial charge in [-0.1, -0.05) is 6.42 Å². The first-order valence-corrected chi connectivity index (χ1v) is 7.79. The Balaban J connectivity index is 1.47. The van der Waals surface area contributed by atoms with E-state index in [0.717, 1.165) is 37.7 Å². The number of pyridine rings is 1. The summed E-state index contributed by atoms with van der Waals surface area (Å²) >= 11 is 0. The van der Waals surface area contributed by atoms with Crippen LogP contribution >= 0.6 is 0 Å². The first-order chi connectivity index (χ1) is 9.86. The molecule has 1 saturated heterocycles. The molecule has 4 nitrogen and oxygen atoms in total. The fourth-order valence-corrected chi connectivity index (χ4v) is 2.90. The minimum absolute atomic E-state index is 0.317. The van der Waals surface area contributed by atoms with Gasteiger partial charge in [0.15, 0.2) is 0 Å². The maximum absolute atomic E-state index is 8.82. The van der Waals surface area contributed by atoms with Crippen molar-refractivity contribution < 1.29 is 9.84 Å². The summed E-state index contributed by atoms with van der Waals surface area (Å²) in [6, 6.07) is 2.67. The van der Waals surface area contributed by atoms with Crippen molar-refractivity contribution in [2.24, 2.45) is 5.92 Å². The topological polar surface area (TPSA) is 54.4 Å². The summed E-state index contributed by atoms with van der Waals surface area (Å²) in [5, 5.41) is 12.2. The van der Waals surface area contributed by atoms with Gasteiger partial charge < -0.3 is 15.2 Å². The number of unbranched alkanes of at least 4 members (excludes halogenated alkanes) is 1. The molecule has 0 spiro atoms. The lowest BCUT2D eigenvalue weighted by Crippen LogP contribution is -2.46. The van der Waals surface area contributed by atoms with Crippen molar-refractivity contribution >= 4 is 0 Å². The zero-order valence-corrected chi connectivity index (χ0v) is 11.9. The Morgan fingerprint density at radius 1 is 1.35 bits per heavy atom. The Labute approximate surface area is 120 Å². The highest BCUT2D eigenvalue weighted by Gasteiger charge is 2.37. The molecule has 0 bridgehead atoms. The van der Waals surface area contributed by atoms with Crippen LogP contribution in [0.5, 0.6) is 5.75 Å². The number of rotatable bonds is 8. The van der Waals surface area contributed by atoms with Gasteiger partial charge in [0.25, 0.3) is 0 Å². The van der Waals surface area contributed by atoms with Crippen LogP contribution in [0.2, 0.25) is 0 Å². The lowest BCUT2D eigenvalue weighted by Gasteiger charge is -2.27. The van der Waals surface area contributed by atoms with Crippen LogP contribution in [0, 0.1) is 5.92 Å². The second-order valence-corrected chi connectivity index (χ2v) is 6.03. The van der Waals surface area contributed by atoms with Gasteiger partial charge in [-0.2, -0.15) is 0 Å². The molecule has 0 aromatic carbocycles. The molecule has 1 unspecified atom stereocenters. The van der Waals surface area contributed by atoms with Crippen LogP contribution in [0.25, 0.3) is 0 Å². The zero-order chi connectivity index (χ0) is 13.8. The van der Waals surface area contributed by atoms with Gasteiger partial charge in [0.05, 0.1) is 6.20 Å². The monoisotopic (exact) mass is 276 g/mol. The Morgan fingerprint density at radius 2 is 2.25 bits per heavy atom. The van der Waals surface area contributed by atoms with Crippen molar-refractivity contribution in [3.63, 3.8) is 0 Å².